The van der Waals surface area contributed by atoms with Gasteiger partial charge in [-0.2, -0.15) is 0 Å². The molecule has 3 aliphatic rings. The van der Waals surface area contributed by atoms with E-state index in [1.165, 1.54) is 77.0 Å². The largest absolute Gasteiger partial charge is 0.123 e. The average molecular weight is 421 g/mol. The molecule has 168 valence electrons. The third kappa shape index (κ3) is 5.64. The monoisotopic (exact) mass is 420 g/mol. The van der Waals surface area contributed by atoms with Crippen molar-refractivity contribution >= 4 is 11.6 Å². The highest BCUT2D eigenvalue weighted by molar-refractivity contribution is 6.20. The molecule has 0 radical (unpaired) electrons. The van der Waals surface area contributed by atoms with E-state index in [-0.39, 0.29) is 0 Å². The summed E-state index contributed by atoms with van der Waals surface area (Å²) in [5, 5.41) is 0.389. The minimum Gasteiger partial charge on any atom is -0.123 e. The lowest BCUT2D eigenvalue weighted by atomic mass is 9.54. The number of unbranched alkanes of at least 4 members (excludes halogenated alkanes) is 1. The quantitative estimate of drug-likeness (QED) is 0.257. The fourth-order valence-electron chi connectivity index (χ4n) is 7.37. The van der Waals surface area contributed by atoms with Crippen LogP contribution in [-0.4, -0.2) is 5.38 Å². The fraction of sp³-hybridized carbons (Fsp3) is 0.929. The molecule has 3 aliphatic carbocycles. The number of fused-ring (bicyclic) bond motifs is 1. The summed E-state index contributed by atoms with van der Waals surface area (Å²) in [4.78, 5) is 0. The lowest BCUT2D eigenvalue weighted by Gasteiger charge is -2.52. The van der Waals surface area contributed by atoms with E-state index in [2.05, 4.69) is 40.7 Å². The van der Waals surface area contributed by atoms with E-state index in [0.29, 0.717) is 10.8 Å². The molecule has 0 bridgehead atoms. The number of hydrogen-bond acceptors (Lipinski definition) is 0. The van der Waals surface area contributed by atoms with Crippen molar-refractivity contribution in [1.82, 2.24) is 0 Å². The second-order valence-electron chi connectivity index (χ2n) is 11.8. The summed E-state index contributed by atoms with van der Waals surface area (Å²) in [6.45, 7) is 12.3. The molecule has 0 heterocycles. The smallest absolute Gasteiger partial charge is 0.0373 e. The van der Waals surface area contributed by atoms with Gasteiger partial charge in [0.25, 0.3) is 0 Å². The van der Waals surface area contributed by atoms with Crippen molar-refractivity contribution in [2.75, 3.05) is 0 Å². The maximum atomic E-state index is 6.59. The summed E-state index contributed by atoms with van der Waals surface area (Å²) >= 11 is 6.59. The van der Waals surface area contributed by atoms with Crippen LogP contribution in [0.3, 0.4) is 0 Å². The Kier molecular flexibility index (Phi) is 8.63. The van der Waals surface area contributed by atoms with Crippen LogP contribution in [0.15, 0.2) is 11.6 Å². The Morgan fingerprint density at radius 3 is 2.62 bits per heavy atom. The van der Waals surface area contributed by atoms with Crippen LogP contribution < -0.4 is 0 Å². The molecule has 29 heavy (non-hydrogen) atoms. The lowest BCUT2D eigenvalue weighted by Crippen LogP contribution is -2.43. The van der Waals surface area contributed by atoms with Crippen LogP contribution in [0.4, 0.5) is 0 Å². The highest BCUT2D eigenvalue weighted by Gasteiger charge is 2.49. The van der Waals surface area contributed by atoms with Gasteiger partial charge in [-0.1, -0.05) is 78.4 Å². The summed E-state index contributed by atoms with van der Waals surface area (Å²) < 4.78 is 0. The van der Waals surface area contributed by atoms with E-state index in [1.54, 1.807) is 5.57 Å². The van der Waals surface area contributed by atoms with E-state index >= 15 is 0 Å². The molecule has 0 nitrogen and oxygen atoms in total. The molecule has 3 rings (SSSR count). The van der Waals surface area contributed by atoms with Gasteiger partial charge in [0, 0.05) is 5.38 Å². The van der Waals surface area contributed by atoms with Crippen LogP contribution in [0.5, 0.6) is 0 Å². The van der Waals surface area contributed by atoms with Crippen molar-refractivity contribution in [3.63, 3.8) is 0 Å². The van der Waals surface area contributed by atoms with Crippen LogP contribution in [-0.2, 0) is 0 Å². The third-order valence-electron chi connectivity index (χ3n) is 9.36. The highest BCUT2D eigenvalue weighted by Crippen LogP contribution is 2.58. The summed E-state index contributed by atoms with van der Waals surface area (Å²) in [6.07, 6.45) is 20.8. The molecule has 2 fully saturated rings. The van der Waals surface area contributed by atoms with Crippen molar-refractivity contribution in [2.24, 2.45) is 40.9 Å². The van der Waals surface area contributed by atoms with E-state index in [4.69, 9.17) is 11.6 Å². The minimum atomic E-state index is 0.389. The Morgan fingerprint density at radius 2 is 1.90 bits per heavy atom. The highest BCUT2D eigenvalue weighted by atomic mass is 35.5. The first-order chi connectivity index (χ1) is 13.8. The van der Waals surface area contributed by atoms with Crippen LogP contribution in [0.1, 0.15) is 118 Å². The molecule has 7 atom stereocenters. The Bertz CT molecular complexity index is 534. The summed E-state index contributed by atoms with van der Waals surface area (Å²) in [5.74, 6) is 5.63. The van der Waals surface area contributed by atoms with E-state index in [9.17, 15) is 0 Å². The first-order valence-corrected chi connectivity index (χ1v) is 13.6. The number of halogens is 1. The number of hydrogen-bond donors (Lipinski definition) is 0. The van der Waals surface area contributed by atoms with Gasteiger partial charge in [0.05, 0.1) is 0 Å². The van der Waals surface area contributed by atoms with Crippen LogP contribution in [0.2, 0.25) is 0 Å². The van der Waals surface area contributed by atoms with Crippen molar-refractivity contribution in [3.8, 4) is 0 Å². The molecular formula is C28H49Cl. The standard InChI is InChI=1S/C28H49Cl/c1-6-7-11-27-26(15-14-24-19-25(29)16-17-28(24,27)5)23-13-12-22(18-23)21(4)10-8-9-20(2)3/h14,20-23,25-27H,6-13,15-19H2,1-5H3/t21-,22+,23-,25+,26+,27+,28+/m1/s1. The lowest BCUT2D eigenvalue weighted by molar-refractivity contribution is 0.0631. The minimum absolute atomic E-state index is 0.389. The molecule has 0 aromatic rings. The van der Waals surface area contributed by atoms with Crippen LogP contribution in [0.25, 0.3) is 0 Å². The van der Waals surface area contributed by atoms with Gasteiger partial charge in [0.15, 0.2) is 0 Å². The molecule has 0 unspecified atom stereocenters. The molecule has 0 saturated heterocycles. The summed E-state index contributed by atoms with van der Waals surface area (Å²) in [7, 11) is 0. The maximum absolute atomic E-state index is 6.59. The Morgan fingerprint density at radius 1 is 1.10 bits per heavy atom. The molecular weight excluding hydrogens is 372 g/mol. The topological polar surface area (TPSA) is 0 Å². The third-order valence-corrected chi connectivity index (χ3v) is 9.73. The molecule has 0 amide bonds. The van der Waals surface area contributed by atoms with Gasteiger partial charge in [-0.15, -0.1) is 11.6 Å². The van der Waals surface area contributed by atoms with Gasteiger partial charge >= 0.3 is 0 Å². The number of alkyl halides is 1. The Balaban J connectivity index is 1.65. The van der Waals surface area contributed by atoms with Crippen molar-refractivity contribution < 1.29 is 0 Å². The number of allylic oxidation sites excluding steroid dienone is 2. The summed E-state index contributed by atoms with van der Waals surface area (Å²) in [6, 6.07) is 0. The van der Waals surface area contributed by atoms with E-state index in [1.807, 2.05) is 0 Å². The first kappa shape index (κ1) is 23.7. The summed E-state index contributed by atoms with van der Waals surface area (Å²) in [5.41, 5.74) is 2.18. The Hall–Kier alpha value is 0.0300. The molecule has 0 aromatic heterocycles. The normalized spacial score (nSPS) is 38.7. The van der Waals surface area contributed by atoms with Gasteiger partial charge in [0.1, 0.15) is 0 Å². The predicted octanol–water partition coefficient (Wildman–Crippen LogP) is 9.42. The number of rotatable bonds is 9. The van der Waals surface area contributed by atoms with Gasteiger partial charge < -0.3 is 0 Å². The molecule has 0 spiro atoms. The van der Waals surface area contributed by atoms with Crippen molar-refractivity contribution in [3.05, 3.63) is 11.6 Å². The van der Waals surface area contributed by atoms with Crippen LogP contribution >= 0.6 is 11.6 Å². The Labute approximate surface area is 187 Å². The molecule has 2 saturated carbocycles. The fourth-order valence-corrected chi connectivity index (χ4v) is 7.64. The van der Waals surface area contributed by atoms with Crippen molar-refractivity contribution in [2.45, 2.75) is 123 Å². The zero-order chi connectivity index (χ0) is 21.0. The predicted molar refractivity (Wildman–Crippen MR) is 129 cm³/mol. The van der Waals surface area contributed by atoms with E-state index < -0.39 is 0 Å². The SMILES string of the molecule is CCCC[C@H]1[C@H]([C@@H]2CC[C@H]([C@H](C)CCCC(C)C)C2)CC=C2C[C@@H](Cl)CC[C@@]21C. The van der Waals surface area contributed by atoms with Gasteiger partial charge in [0.2, 0.25) is 0 Å². The first-order valence-electron chi connectivity index (χ1n) is 13.2. The van der Waals surface area contributed by atoms with Crippen molar-refractivity contribution in [1.29, 1.82) is 0 Å². The van der Waals surface area contributed by atoms with Crippen LogP contribution in [0, 0.1) is 40.9 Å². The zero-order valence-corrected chi connectivity index (χ0v) is 20.9. The second kappa shape index (κ2) is 10.6. The molecule has 0 aromatic carbocycles. The molecule has 0 aliphatic heterocycles. The van der Waals surface area contributed by atoms with Gasteiger partial charge in [-0.25, -0.2) is 0 Å². The van der Waals surface area contributed by atoms with Gasteiger partial charge in [-0.3, -0.25) is 0 Å². The average Bonchev–Trinajstić information content (AvgIpc) is 3.16. The van der Waals surface area contributed by atoms with E-state index in [0.717, 1.165) is 41.9 Å². The molecule has 0 N–H and O–H groups in total. The zero-order valence-electron chi connectivity index (χ0n) is 20.2. The van der Waals surface area contributed by atoms with Gasteiger partial charge in [-0.05, 0) is 92.3 Å². The molecule has 1 heteroatoms. The second-order valence-corrected chi connectivity index (χ2v) is 12.4. The maximum Gasteiger partial charge on any atom is 0.0373 e.